The van der Waals surface area contributed by atoms with Crippen LogP contribution < -0.4 is 9.47 Å². The van der Waals surface area contributed by atoms with Crippen molar-refractivity contribution in [2.24, 2.45) is 10.2 Å². The summed E-state index contributed by atoms with van der Waals surface area (Å²) in [5.74, 6) is 1.51. The number of methoxy groups -OCH3 is 1. The van der Waals surface area contributed by atoms with Crippen molar-refractivity contribution in [2.45, 2.75) is 13.2 Å². The van der Waals surface area contributed by atoms with Crippen LogP contribution in [0.2, 0.25) is 10.0 Å². The third kappa shape index (κ3) is 6.75. The number of rotatable bonds is 9. The van der Waals surface area contributed by atoms with Crippen molar-refractivity contribution in [1.29, 1.82) is 0 Å². The van der Waals surface area contributed by atoms with Gasteiger partial charge >= 0.3 is 0 Å². The average Bonchev–Trinajstić information content (AvgIpc) is 3.69. The Bertz CT molecular complexity index is 1550. The molecule has 7 nitrogen and oxygen atoms in total. The Labute approximate surface area is 243 Å². The number of furan rings is 1. The van der Waals surface area contributed by atoms with Gasteiger partial charge in [-0.25, -0.2) is 0 Å². The summed E-state index contributed by atoms with van der Waals surface area (Å²) >= 11 is 15.0. The summed E-state index contributed by atoms with van der Waals surface area (Å²) in [4.78, 5) is 16.4. The number of hydrogen-bond acceptors (Lipinski definition) is 8. The molecule has 1 fully saturated rings. The normalized spacial score (nSPS) is 15.7. The molecule has 0 atom stereocenters. The van der Waals surface area contributed by atoms with Gasteiger partial charge in [-0.2, -0.15) is 5.10 Å². The highest BCUT2D eigenvalue weighted by atomic mass is 35.5. The first-order chi connectivity index (χ1) is 19.0. The van der Waals surface area contributed by atoms with E-state index in [1.807, 2.05) is 35.7 Å². The first-order valence-electron chi connectivity index (χ1n) is 11.6. The number of ether oxygens (including phenoxy) is 2. The van der Waals surface area contributed by atoms with Crippen molar-refractivity contribution >= 4 is 69.7 Å². The molecule has 1 aliphatic rings. The smallest absolute Gasteiger partial charge is 0.267 e. The van der Waals surface area contributed by atoms with Crippen molar-refractivity contribution < 1.29 is 18.7 Å². The van der Waals surface area contributed by atoms with E-state index in [4.69, 9.17) is 37.1 Å². The molecule has 0 radical (unpaired) electrons. The first-order valence-corrected chi connectivity index (χ1v) is 14.1. The molecule has 2 aromatic heterocycles. The van der Waals surface area contributed by atoms with Crippen LogP contribution in [0.5, 0.6) is 11.5 Å². The first kappa shape index (κ1) is 27.1. The second kappa shape index (κ2) is 12.6. The highest BCUT2D eigenvalue weighted by molar-refractivity contribution is 8.18. The van der Waals surface area contributed by atoms with E-state index in [1.54, 1.807) is 72.2 Å². The minimum atomic E-state index is -0.196. The van der Waals surface area contributed by atoms with Crippen molar-refractivity contribution in [3.8, 4) is 11.5 Å². The van der Waals surface area contributed by atoms with E-state index in [0.717, 1.165) is 16.0 Å². The number of hydrogen-bond donors (Lipinski definition) is 0. The van der Waals surface area contributed by atoms with Crippen LogP contribution >= 0.6 is 46.3 Å². The minimum Gasteiger partial charge on any atom is -0.493 e. The number of halogens is 2. The van der Waals surface area contributed by atoms with E-state index in [2.05, 4.69) is 10.2 Å². The minimum absolute atomic E-state index is 0.196. The van der Waals surface area contributed by atoms with Gasteiger partial charge < -0.3 is 13.9 Å². The Morgan fingerprint density at radius 3 is 2.72 bits per heavy atom. The lowest BCUT2D eigenvalue weighted by atomic mass is 10.1. The van der Waals surface area contributed by atoms with E-state index >= 15 is 0 Å². The maximum Gasteiger partial charge on any atom is 0.267 e. The quantitative estimate of drug-likeness (QED) is 0.112. The summed E-state index contributed by atoms with van der Waals surface area (Å²) in [5, 5.41) is 12.0. The number of amidine groups is 1. The van der Waals surface area contributed by atoms with E-state index in [9.17, 15) is 4.79 Å². The number of carbonyl (C=O) groups excluding carboxylic acids is 1. The van der Waals surface area contributed by atoms with Crippen molar-refractivity contribution in [1.82, 2.24) is 4.90 Å². The zero-order chi connectivity index (χ0) is 27.2. The zero-order valence-electron chi connectivity index (χ0n) is 20.5. The molecule has 0 N–H and O–H groups in total. The summed E-state index contributed by atoms with van der Waals surface area (Å²) in [6, 6.07) is 18.2. The summed E-state index contributed by atoms with van der Waals surface area (Å²) in [6.07, 6.45) is 5.02. The van der Waals surface area contributed by atoms with E-state index in [1.165, 1.54) is 11.8 Å². The molecule has 39 heavy (non-hydrogen) atoms. The number of carbonyl (C=O) groups is 1. The van der Waals surface area contributed by atoms with Crippen LogP contribution in [0.3, 0.4) is 0 Å². The molecule has 0 saturated carbocycles. The molecule has 5 rings (SSSR count). The Kier molecular flexibility index (Phi) is 8.73. The monoisotopic (exact) mass is 597 g/mol. The molecule has 198 valence electrons. The van der Waals surface area contributed by atoms with Crippen LogP contribution in [0.4, 0.5) is 0 Å². The Hall–Kier alpha value is -3.50. The Morgan fingerprint density at radius 1 is 1.08 bits per heavy atom. The molecule has 0 spiro atoms. The van der Waals surface area contributed by atoms with Gasteiger partial charge in [0.2, 0.25) is 0 Å². The third-order valence-electron chi connectivity index (χ3n) is 5.54. The molecule has 1 saturated heterocycles. The molecule has 0 aliphatic carbocycles. The highest BCUT2D eigenvalue weighted by Gasteiger charge is 2.34. The SMILES string of the molecule is COc1cc(/C=C2\S/C(=N\N=C\c3cccs3)N(Cc3ccco3)C2=O)ccc1OCc1ccc(Cl)cc1Cl. The predicted octanol–water partition coefficient (Wildman–Crippen LogP) is 7.74. The molecule has 1 amide bonds. The predicted molar refractivity (Wildman–Crippen MR) is 158 cm³/mol. The van der Waals surface area contributed by atoms with Crippen molar-refractivity contribution in [2.75, 3.05) is 7.11 Å². The number of thioether (sulfide) groups is 1. The Balaban J connectivity index is 1.36. The maximum absolute atomic E-state index is 13.4. The molecular formula is C28H21Cl2N3O4S2. The zero-order valence-corrected chi connectivity index (χ0v) is 23.7. The number of nitrogens with zero attached hydrogens (tertiary/aromatic N) is 3. The molecule has 0 bridgehead atoms. The van der Waals surface area contributed by atoms with Crippen LogP contribution in [0.15, 0.2) is 91.8 Å². The molecule has 1 aliphatic heterocycles. The van der Waals surface area contributed by atoms with E-state index < -0.39 is 0 Å². The number of benzene rings is 2. The third-order valence-corrected chi connectivity index (χ3v) is 7.93. The second-order valence-corrected chi connectivity index (χ2v) is 11.0. The lowest BCUT2D eigenvalue weighted by molar-refractivity contribution is -0.122. The molecule has 0 unspecified atom stereocenters. The number of thiophene rings is 1. The van der Waals surface area contributed by atoms with Crippen LogP contribution in [-0.4, -0.2) is 29.3 Å². The van der Waals surface area contributed by atoms with Gasteiger partial charge in [-0.1, -0.05) is 41.4 Å². The summed E-state index contributed by atoms with van der Waals surface area (Å²) in [6.45, 7) is 0.488. The van der Waals surface area contributed by atoms with Gasteiger partial charge in [-0.3, -0.25) is 9.69 Å². The van der Waals surface area contributed by atoms with Gasteiger partial charge in [-0.15, -0.1) is 16.4 Å². The van der Waals surface area contributed by atoms with Crippen LogP contribution in [0, 0.1) is 0 Å². The summed E-state index contributed by atoms with van der Waals surface area (Å²) < 4.78 is 17.0. The molecule has 11 heteroatoms. The van der Waals surface area contributed by atoms with Crippen molar-refractivity contribution in [3.05, 3.63) is 109 Å². The van der Waals surface area contributed by atoms with Gasteiger partial charge in [0.1, 0.15) is 12.4 Å². The lowest BCUT2D eigenvalue weighted by Crippen LogP contribution is -2.28. The van der Waals surface area contributed by atoms with Crippen LogP contribution in [-0.2, 0) is 17.9 Å². The maximum atomic E-state index is 13.4. The fourth-order valence-corrected chi connectivity index (χ4v) is 5.60. The summed E-state index contributed by atoms with van der Waals surface area (Å²) in [5.41, 5.74) is 1.56. The molecule has 2 aromatic carbocycles. The lowest BCUT2D eigenvalue weighted by Gasteiger charge is -2.13. The fraction of sp³-hybridized carbons (Fsp3) is 0.107. The van der Waals surface area contributed by atoms with Gasteiger partial charge in [0.05, 0.1) is 31.0 Å². The van der Waals surface area contributed by atoms with Crippen LogP contribution in [0.1, 0.15) is 21.8 Å². The molecular weight excluding hydrogens is 577 g/mol. The number of amides is 1. The standard InChI is InChI=1S/C28H21Cl2N3O4S2/c1-35-25-12-18(6-9-24(25)37-17-19-7-8-20(29)14-23(19)30)13-26-27(34)33(16-21-4-2-10-36-21)28(39-26)32-31-15-22-5-3-11-38-22/h2-15H,16-17H2,1H3/b26-13-,31-15+,32-28-. The topological polar surface area (TPSA) is 76.6 Å². The average molecular weight is 599 g/mol. The fourth-order valence-electron chi connectivity index (χ4n) is 3.62. The molecule has 3 heterocycles. The van der Waals surface area contributed by atoms with Gasteiger partial charge in [0.25, 0.3) is 5.91 Å². The van der Waals surface area contributed by atoms with Crippen molar-refractivity contribution in [3.63, 3.8) is 0 Å². The van der Waals surface area contributed by atoms with Gasteiger partial charge in [0, 0.05) is 20.5 Å². The van der Waals surface area contributed by atoms with E-state index in [0.29, 0.717) is 37.4 Å². The Morgan fingerprint density at radius 2 is 1.97 bits per heavy atom. The van der Waals surface area contributed by atoms with Gasteiger partial charge in [-0.05, 0) is 71.2 Å². The highest BCUT2D eigenvalue weighted by Crippen LogP contribution is 2.36. The van der Waals surface area contributed by atoms with Gasteiger partial charge in [0.15, 0.2) is 16.7 Å². The van der Waals surface area contributed by atoms with Crippen LogP contribution in [0.25, 0.3) is 6.08 Å². The second-order valence-electron chi connectivity index (χ2n) is 8.16. The molecule has 4 aromatic rings. The van der Waals surface area contributed by atoms with E-state index in [-0.39, 0.29) is 19.1 Å². The summed E-state index contributed by atoms with van der Waals surface area (Å²) in [7, 11) is 1.56. The largest absolute Gasteiger partial charge is 0.493 e.